The molecule has 0 bridgehead atoms. The normalized spacial score (nSPS) is 9.14. The molecule has 0 unspecified atom stereocenters. The van der Waals surface area contributed by atoms with Crippen LogP contribution in [-0.2, 0) is 51.1 Å². The summed E-state index contributed by atoms with van der Waals surface area (Å²) in [5.74, 6) is 0. The second-order valence-electron chi connectivity index (χ2n) is 0.408. The third-order valence-corrected chi connectivity index (χ3v) is 0. The van der Waals surface area contributed by atoms with Crippen molar-refractivity contribution in [2.24, 2.45) is 0 Å². The molecule has 40 valence electrons. The van der Waals surface area contributed by atoms with Crippen molar-refractivity contribution < 1.29 is 58.6 Å². The average molecular weight is 355 g/mol. The first-order chi connectivity index (χ1) is 3.00. The molecule has 0 atom stereocenters. The van der Waals surface area contributed by atoms with E-state index in [4.69, 9.17) is 17.1 Å². The summed E-state index contributed by atoms with van der Waals surface area (Å²) in [6.07, 6.45) is 0. The molecule has 0 aliphatic rings. The Hall–Kier alpha value is 0.891. The molecule has 0 amide bonds. The fourth-order valence-electron chi connectivity index (χ4n) is 0. The van der Waals surface area contributed by atoms with Crippen molar-refractivity contribution in [3.63, 3.8) is 0 Å². The molecule has 0 radical (unpaired) electrons. The zero-order valence-electron chi connectivity index (χ0n) is 2.95. The van der Waals surface area contributed by atoms with Crippen LogP contribution in [0, 0.1) is 0 Å². The molecule has 0 rings (SSSR count). The maximum absolute atomic E-state index is 8.65. The van der Waals surface area contributed by atoms with Gasteiger partial charge < -0.3 is 0 Å². The molecule has 0 aromatic rings. The molecule has 7 heavy (non-hydrogen) atoms. The number of hydrogen-bond acceptors (Lipinski definition) is 5. The minimum atomic E-state index is -6.17. The van der Waals surface area contributed by atoms with Gasteiger partial charge >= 0.3 is 58.6 Å². The van der Waals surface area contributed by atoms with Crippen LogP contribution in [0.2, 0.25) is 0 Å². The van der Waals surface area contributed by atoms with E-state index < -0.39 is 16.7 Å². The van der Waals surface area contributed by atoms with E-state index in [1.807, 2.05) is 0 Å². The standard InChI is InChI=1S/5O.W.Zr/q;;;2*-1;;+2. The Morgan fingerprint density at radius 2 is 1.14 bits per heavy atom. The maximum atomic E-state index is 8.65. The Morgan fingerprint density at radius 3 is 1.14 bits per heavy atom. The van der Waals surface area contributed by atoms with Crippen molar-refractivity contribution in [2.45, 2.75) is 0 Å². The molecular weight excluding hydrogens is 355 g/mol. The summed E-state index contributed by atoms with van der Waals surface area (Å²) >= 11 is -5.87. The van der Waals surface area contributed by atoms with Crippen LogP contribution >= 0.6 is 0 Å². The summed E-state index contributed by atoms with van der Waals surface area (Å²) in [6, 6.07) is 0. The Bertz CT molecular complexity index is 102. The molecule has 0 N–H and O–H groups in total. The SMILES string of the molecule is [O]=[W](=[O])([O-])[O-].[O]=[Zr+2]. The van der Waals surface area contributed by atoms with Gasteiger partial charge in [0.2, 0.25) is 0 Å². The van der Waals surface area contributed by atoms with Crippen molar-refractivity contribution in [2.75, 3.05) is 0 Å². The summed E-state index contributed by atoms with van der Waals surface area (Å²) < 4.78 is 42.9. The summed E-state index contributed by atoms with van der Waals surface area (Å²) in [5.41, 5.74) is 0. The molecule has 0 aromatic heterocycles. The molecule has 0 saturated carbocycles. The molecule has 0 heterocycles. The summed E-state index contributed by atoms with van der Waals surface area (Å²) in [5, 5.41) is 0. The van der Waals surface area contributed by atoms with Crippen LogP contribution in [0.25, 0.3) is 0 Å². The van der Waals surface area contributed by atoms with Crippen molar-refractivity contribution in [1.29, 1.82) is 0 Å². The summed E-state index contributed by atoms with van der Waals surface area (Å²) in [7, 11) is 0. The first kappa shape index (κ1) is 10.8. The van der Waals surface area contributed by atoms with Gasteiger partial charge in [0.15, 0.2) is 0 Å². The third kappa shape index (κ3) is 207. The van der Waals surface area contributed by atoms with Gasteiger partial charge in [0.1, 0.15) is 0 Å². The summed E-state index contributed by atoms with van der Waals surface area (Å²) in [4.78, 5) is 0. The Balaban J connectivity index is 0. The fourth-order valence-corrected chi connectivity index (χ4v) is 0. The van der Waals surface area contributed by atoms with Gasteiger partial charge in [-0.3, -0.25) is 0 Å². The van der Waals surface area contributed by atoms with Crippen molar-refractivity contribution in [1.82, 2.24) is 0 Å². The van der Waals surface area contributed by atoms with Crippen molar-refractivity contribution >= 4 is 0 Å². The van der Waals surface area contributed by atoms with E-state index >= 15 is 0 Å². The third-order valence-electron chi connectivity index (χ3n) is 0. The van der Waals surface area contributed by atoms with Gasteiger partial charge in [-0.05, 0) is 0 Å². The van der Waals surface area contributed by atoms with E-state index in [-0.39, 0.29) is 0 Å². The van der Waals surface area contributed by atoms with Crippen LogP contribution in [0.1, 0.15) is 0 Å². The molecule has 0 aliphatic carbocycles. The topological polar surface area (TPSA) is 97.3 Å². The minimum absolute atomic E-state index is 0.300. The predicted molar refractivity (Wildman–Crippen MR) is 2.06 cm³/mol. The molecule has 0 spiro atoms. The van der Waals surface area contributed by atoms with Crippen LogP contribution in [0.15, 0.2) is 0 Å². The monoisotopic (exact) mass is 354 g/mol. The van der Waals surface area contributed by atoms with Gasteiger partial charge in [0, 0.05) is 0 Å². The summed E-state index contributed by atoms with van der Waals surface area (Å²) in [6.45, 7) is 0. The predicted octanol–water partition coefficient (Wildman–Crippen LogP) is -2.74. The molecular formula is O5WZr. The molecule has 0 saturated heterocycles. The van der Waals surface area contributed by atoms with Gasteiger partial charge in [0.25, 0.3) is 0 Å². The first-order valence-corrected chi connectivity index (χ1v) is 6.66. The fraction of sp³-hybridized carbons (Fsp3) is 0. The van der Waals surface area contributed by atoms with E-state index in [2.05, 4.69) is 0 Å². The van der Waals surface area contributed by atoms with Gasteiger partial charge in [-0.25, -0.2) is 0 Å². The van der Waals surface area contributed by atoms with Crippen LogP contribution in [-0.4, -0.2) is 0 Å². The molecule has 7 heteroatoms. The molecule has 0 fully saturated rings. The van der Waals surface area contributed by atoms with Gasteiger partial charge in [-0.15, -0.1) is 0 Å². The van der Waals surface area contributed by atoms with E-state index in [1.54, 1.807) is 0 Å². The second kappa shape index (κ2) is 5.04. The van der Waals surface area contributed by atoms with E-state index in [1.165, 1.54) is 0 Å². The van der Waals surface area contributed by atoms with Crippen LogP contribution in [0.4, 0.5) is 0 Å². The van der Waals surface area contributed by atoms with E-state index in [0.29, 0.717) is 24.7 Å². The molecule has 0 aromatic carbocycles. The number of rotatable bonds is 0. The Kier molecular flexibility index (Phi) is 7.77. The van der Waals surface area contributed by atoms with Crippen molar-refractivity contribution in [3.8, 4) is 0 Å². The Morgan fingerprint density at radius 1 is 1.14 bits per heavy atom. The second-order valence-corrected chi connectivity index (χ2v) is 3.34. The average Bonchev–Trinajstić information content (AvgIpc) is 1.36. The van der Waals surface area contributed by atoms with Gasteiger partial charge in [-0.1, -0.05) is 0 Å². The van der Waals surface area contributed by atoms with Crippen LogP contribution in [0.5, 0.6) is 0 Å². The first-order valence-electron chi connectivity index (χ1n) is 0.871. The molecule has 0 aliphatic heterocycles. The zero-order chi connectivity index (χ0) is 6.50. The van der Waals surface area contributed by atoms with E-state index in [0.717, 1.165) is 0 Å². The van der Waals surface area contributed by atoms with E-state index in [9.17, 15) is 0 Å². The van der Waals surface area contributed by atoms with Crippen molar-refractivity contribution in [3.05, 3.63) is 0 Å². The Labute approximate surface area is 58.4 Å². The van der Waals surface area contributed by atoms with Crippen LogP contribution < -0.4 is 7.52 Å². The molecule has 5 nitrogen and oxygen atoms in total. The van der Waals surface area contributed by atoms with Crippen LogP contribution in [0.3, 0.4) is 0 Å². The quantitative estimate of drug-likeness (QED) is 0.470. The van der Waals surface area contributed by atoms with Gasteiger partial charge in [-0.2, -0.15) is 0 Å². The number of hydrogen-bond donors (Lipinski definition) is 0. The zero-order valence-corrected chi connectivity index (χ0v) is 8.34. The van der Waals surface area contributed by atoms with Gasteiger partial charge in [0.05, 0.1) is 0 Å².